The fourth-order valence-electron chi connectivity index (χ4n) is 3.24. The van der Waals surface area contributed by atoms with Crippen LogP contribution in [-0.4, -0.2) is 92.7 Å². The summed E-state index contributed by atoms with van der Waals surface area (Å²) in [5.41, 5.74) is 0. The van der Waals surface area contributed by atoms with Gasteiger partial charge in [0.25, 0.3) is 0 Å². The number of thioether (sulfide) groups is 1. The van der Waals surface area contributed by atoms with Crippen LogP contribution in [0.2, 0.25) is 0 Å². The molecule has 0 aromatic heterocycles. The standard InChI is InChI=1S/C16H33N5O2S2.HI/c1-13(2)20-11-14(3)15(12-20)19-16(17-4)18-5-10-25(22,23)21-6-8-24-9-7-21;/h13-15H,5-12H2,1-4H3,(H2,17,18,19);1H. The minimum atomic E-state index is -3.18. The van der Waals surface area contributed by atoms with Gasteiger partial charge in [-0.3, -0.25) is 9.89 Å². The molecule has 2 saturated heterocycles. The maximum Gasteiger partial charge on any atom is 0.215 e. The van der Waals surface area contributed by atoms with Crippen molar-refractivity contribution >= 4 is 51.7 Å². The Morgan fingerprint density at radius 3 is 2.46 bits per heavy atom. The predicted octanol–water partition coefficient (Wildman–Crippen LogP) is 0.877. The largest absolute Gasteiger partial charge is 0.355 e. The smallest absolute Gasteiger partial charge is 0.215 e. The van der Waals surface area contributed by atoms with Crippen molar-refractivity contribution in [2.45, 2.75) is 32.9 Å². The summed E-state index contributed by atoms with van der Waals surface area (Å²) in [6, 6.07) is 0.876. The highest BCUT2D eigenvalue weighted by Crippen LogP contribution is 2.18. The normalized spacial score (nSPS) is 26.0. The lowest BCUT2D eigenvalue weighted by atomic mass is 10.1. The van der Waals surface area contributed by atoms with E-state index in [1.165, 1.54) is 0 Å². The van der Waals surface area contributed by atoms with E-state index < -0.39 is 10.0 Å². The van der Waals surface area contributed by atoms with Crippen LogP contribution in [0.25, 0.3) is 0 Å². The van der Waals surface area contributed by atoms with Gasteiger partial charge in [-0.15, -0.1) is 24.0 Å². The molecule has 0 bridgehead atoms. The quantitative estimate of drug-likeness (QED) is 0.308. The molecule has 10 heteroatoms. The van der Waals surface area contributed by atoms with Gasteiger partial charge >= 0.3 is 0 Å². The second kappa shape index (κ2) is 11.3. The summed E-state index contributed by atoms with van der Waals surface area (Å²) in [5, 5.41) is 6.62. The van der Waals surface area contributed by atoms with Crippen molar-refractivity contribution in [2.75, 3.05) is 57.0 Å². The monoisotopic (exact) mass is 519 g/mol. The van der Waals surface area contributed by atoms with Crippen molar-refractivity contribution < 1.29 is 8.42 Å². The van der Waals surface area contributed by atoms with E-state index >= 15 is 0 Å². The highest BCUT2D eigenvalue weighted by molar-refractivity contribution is 14.0. The molecule has 0 amide bonds. The van der Waals surface area contributed by atoms with E-state index in [4.69, 9.17) is 0 Å². The average Bonchev–Trinajstić information content (AvgIpc) is 2.95. The molecule has 154 valence electrons. The van der Waals surface area contributed by atoms with Gasteiger partial charge in [0.1, 0.15) is 0 Å². The lowest BCUT2D eigenvalue weighted by Gasteiger charge is -2.26. The summed E-state index contributed by atoms with van der Waals surface area (Å²) < 4.78 is 26.4. The Hall–Kier alpha value is 0.220. The van der Waals surface area contributed by atoms with Crippen LogP contribution in [0.4, 0.5) is 0 Å². The number of aliphatic imine (C=N–C) groups is 1. The third kappa shape index (κ3) is 6.99. The van der Waals surface area contributed by atoms with Crippen LogP contribution < -0.4 is 10.6 Å². The molecular formula is C16H34IN5O2S2. The Balaban J connectivity index is 0.00000338. The van der Waals surface area contributed by atoms with Gasteiger partial charge in [0.15, 0.2) is 5.96 Å². The summed E-state index contributed by atoms with van der Waals surface area (Å²) in [4.78, 5) is 6.70. The van der Waals surface area contributed by atoms with Crippen LogP contribution in [0.3, 0.4) is 0 Å². The minimum absolute atomic E-state index is 0. The van der Waals surface area contributed by atoms with Crippen molar-refractivity contribution in [1.82, 2.24) is 19.8 Å². The first kappa shape index (κ1) is 24.3. The number of hydrogen-bond acceptors (Lipinski definition) is 5. The molecule has 7 nitrogen and oxygen atoms in total. The number of guanidine groups is 1. The van der Waals surface area contributed by atoms with Gasteiger partial charge in [0, 0.05) is 63.4 Å². The van der Waals surface area contributed by atoms with Crippen molar-refractivity contribution in [1.29, 1.82) is 0 Å². The average molecular weight is 520 g/mol. The Morgan fingerprint density at radius 1 is 1.27 bits per heavy atom. The number of hydrogen-bond donors (Lipinski definition) is 2. The Bertz CT molecular complexity index is 553. The Kier molecular flexibility index (Phi) is 10.5. The molecule has 2 aliphatic rings. The maximum absolute atomic E-state index is 12.4. The van der Waals surface area contributed by atoms with Crippen molar-refractivity contribution in [3.63, 3.8) is 0 Å². The van der Waals surface area contributed by atoms with Gasteiger partial charge in [-0.05, 0) is 19.8 Å². The Morgan fingerprint density at radius 2 is 1.92 bits per heavy atom. The number of sulfonamides is 1. The molecule has 2 rings (SSSR count). The molecule has 0 aromatic carbocycles. The van der Waals surface area contributed by atoms with E-state index in [9.17, 15) is 8.42 Å². The summed E-state index contributed by atoms with van der Waals surface area (Å²) in [5.74, 6) is 3.11. The molecule has 2 aliphatic heterocycles. The molecule has 2 N–H and O–H groups in total. The zero-order valence-corrected chi connectivity index (χ0v) is 20.2. The van der Waals surface area contributed by atoms with Crippen LogP contribution in [0.15, 0.2) is 4.99 Å². The van der Waals surface area contributed by atoms with Gasteiger partial charge in [0.05, 0.1) is 5.75 Å². The third-order valence-corrected chi connectivity index (χ3v) is 7.75. The van der Waals surface area contributed by atoms with Gasteiger partial charge < -0.3 is 10.6 Å². The maximum atomic E-state index is 12.4. The number of likely N-dealkylation sites (tertiary alicyclic amines) is 1. The zero-order valence-electron chi connectivity index (χ0n) is 16.3. The SMILES string of the molecule is CN=C(NCCS(=O)(=O)N1CCSCC1)NC1CN(C(C)C)CC1C.I. The highest BCUT2D eigenvalue weighted by Gasteiger charge is 2.31. The molecule has 2 heterocycles. The fraction of sp³-hybridized carbons (Fsp3) is 0.938. The van der Waals surface area contributed by atoms with E-state index in [-0.39, 0.29) is 29.7 Å². The lowest BCUT2D eigenvalue weighted by Crippen LogP contribution is -2.48. The molecule has 2 atom stereocenters. The molecule has 2 fully saturated rings. The van der Waals surface area contributed by atoms with Crippen LogP contribution in [-0.2, 0) is 10.0 Å². The molecule has 2 unspecified atom stereocenters. The van der Waals surface area contributed by atoms with Gasteiger partial charge in [-0.25, -0.2) is 12.7 Å². The van der Waals surface area contributed by atoms with Gasteiger partial charge in [-0.2, -0.15) is 11.8 Å². The summed E-state index contributed by atoms with van der Waals surface area (Å²) in [6.07, 6.45) is 0. The Labute approximate surface area is 180 Å². The topological polar surface area (TPSA) is 77.0 Å². The highest BCUT2D eigenvalue weighted by atomic mass is 127. The molecule has 0 spiro atoms. The van der Waals surface area contributed by atoms with E-state index in [0.29, 0.717) is 43.6 Å². The summed E-state index contributed by atoms with van der Waals surface area (Å²) in [7, 11) is -1.45. The van der Waals surface area contributed by atoms with Crippen molar-refractivity contribution in [3.05, 3.63) is 0 Å². The predicted molar refractivity (Wildman–Crippen MR) is 122 cm³/mol. The zero-order chi connectivity index (χ0) is 18.4. The summed E-state index contributed by atoms with van der Waals surface area (Å²) in [6.45, 7) is 10.4. The molecule has 0 radical (unpaired) electrons. The van der Waals surface area contributed by atoms with E-state index in [1.807, 2.05) is 11.8 Å². The summed E-state index contributed by atoms with van der Waals surface area (Å²) >= 11 is 1.81. The minimum Gasteiger partial charge on any atom is -0.355 e. The fourth-order valence-corrected chi connectivity index (χ4v) is 5.73. The van der Waals surface area contributed by atoms with Crippen LogP contribution in [0.5, 0.6) is 0 Å². The second-order valence-corrected chi connectivity index (χ2v) is 10.4. The number of nitrogens with one attached hydrogen (secondary N) is 2. The van der Waals surface area contributed by atoms with Crippen molar-refractivity contribution in [3.8, 4) is 0 Å². The van der Waals surface area contributed by atoms with E-state index in [0.717, 1.165) is 24.6 Å². The second-order valence-electron chi connectivity index (χ2n) is 7.10. The van der Waals surface area contributed by atoms with Crippen LogP contribution >= 0.6 is 35.7 Å². The molecule has 26 heavy (non-hydrogen) atoms. The number of nitrogens with zero attached hydrogens (tertiary/aromatic N) is 3. The first-order valence-electron chi connectivity index (χ1n) is 9.10. The van der Waals surface area contributed by atoms with Gasteiger partial charge in [-0.1, -0.05) is 6.92 Å². The molecule has 0 aliphatic carbocycles. The van der Waals surface area contributed by atoms with E-state index in [1.54, 1.807) is 11.4 Å². The third-order valence-electron chi connectivity index (χ3n) is 4.93. The number of rotatable bonds is 6. The van der Waals surface area contributed by atoms with E-state index in [2.05, 4.69) is 41.3 Å². The lowest BCUT2D eigenvalue weighted by molar-refractivity contribution is 0.265. The molecule has 0 aromatic rings. The first-order chi connectivity index (χ1) is 11.8. The molecular weight excluding hydrogens is 485 g/mol. The van der Waals surface area contributed by atoms with Gasteiger partial charge in [0.2, 0.25) is 10.0 Å². The van der Waals surface area contributed by atoms with Crippen molar-refractivity contribution in [2.24, 2.45) is 10.9 Å². The number of halogens is 1. The van der Waals surface area contributed by atoms with Crippen LogP contribution in [0, 0.1) is 5.92 Å². The first-order valence-corrected chi connectivity index (χ1v) is 11.9. The molecule has 0 saturated carbocycles. The van der Waals surface area contributed by atoms with Crippen LogP contribution in [0.1, 0.15) is 20.8 Å².